The van der Waals surface area contributed by atoms with Crippen molar-refractivity contribution in [2.24, 2.45) is 5.92 Å². The van der Waals surface area contributed by atoms with E-state index < -0.39 is 0 Å². The van der Waals surface area contributed by atoms with E-state index >= 15 is 0 Å². The quantitative estimate of drug-likeness (QED) is 0.425. The lowest BCUT2D eigenvalue weighted by molar-refractivity contribution is 0.914. The fourth-order valence-corrected chi connectivity index (χ4v) is 2.10. The Bertz CT molecular complexity index is 498. The molecule has 0 aliphatic rings. The van der Waals surface area contributed by atoms with Gasteiger partial charge >= 0.3 is 0 Å². The maximum atomic E-state index is 2.33. The average Bonchev–Trinajstić information content (AvgIpc) is 2.45. The zero-order valence-corrected chi connectivity index (χ0v) is 13.1. The largest absolute Gasteiger partial charge is 0.0911 e. The predicted octanol–water partition coefficient (Wildman–Crippen LogP) is 6.19. The number of allylic oxidation sites excluding steroid dienone is 7. The molecule has 0 saturated carbocycles. The molecule has 0 saturated heterocycles. The topological polar surface area (TPSA) is 0 Å². The Kier molecular flexibility index (Phi) is 7.42. The maximum Gasteiger partial charge on any atom is -0.00762 e. The van der Waals surface area contributed by atoms with Crippen LogP contribution < -0.4 is 0 Å². The van der Waals surface area contributed by atoms with Gasteiger partial charge in [-0.3, -0.25) is 0 Å². The van der Waals surface area contributed by atoms with E-state index in [2.05, 4.69) is 88.4 Å². The van der Waals surface area contributed by atoms with Crippen LogP contribution in [0.15, 0.2) is 71.9 Å². The van der Waals surface area contributed by atoms with Gasteiger partial charge in [0.2, 0.25) is 0 Å². The van der Waals surface area contributed by atoms with E-state index in [-0.39, 0.29) is 0 Å². The molecular formula is C20H26. The van der Waals surface area contributed by atoms with Gasteiger partial charge in [-0.2, -0.15) is 0 Å². The highest BCUT2D eigenvalue weighted by Gasteiger charge is 1.95. The predicted molar refractivity (Wildman–Crippen MR) is 91.6 cm³/mol. The normalized spacial score (nSPS) is 15.2. The fourth-order valence-electron chi connectivity index (χ4n) is 2.10. The molecule has 1 aromatic carbocycles. The van der Waals surface area contributed by atoms with E-state index in [4.69, 9.17) is 0 Å². The van der Waals surface area contributed by atoms with Crippen LogP contribution in [0.5, 0.6) is 0 Å². The van der Waals surface area contributed by atoms with Crippen molar-refractivity contribution in [1.29, 1.82) is 0 Å². The molecule has 1 atom stereocenters. The summed E-state index contributed by atoms with van der Waals surface area (Å²) in [4.78, 5) is 0. The third-order valence-electron chi connectivity index (χ3n) is 3.13. The van der Waals surface area contributed by atoms with Gasteiger partial charge in [0.25, 0.3) is 0 Å². The Morgan fingerprint density at radius 1 is 1.20 bits per heavy atom. The third kappa shape index (κ3) is 6.38. The van der Waals surface area contributed by atoms with Crippen LogP contribution in [-0.4, -0.2) is 0 Å². The molecule has 0 spiro atoms. The van der Waals surface area contributed by atoms with Crippen LogP contribution in [0.25, 0.3) is 6.08 Å². The van der Waals surface area contributed by atoms with Crippen molar-refractivity contribution >= 4 is 6.08 Å². The molecule has 0 nitrogen and oxygen atoms in total. The van der Waals surface area contributed by atoms with Gasteiger partial charge in [-0.05, 0) is 31.7 Å². The summed E-state index contributed by atoms with van der Waals surface area (Å²) in [7, 11) is 0. The Balaban J connectivity index is 2.78. The first-order valence-corrected chi connectivity index (χ1v) is 7.40. The number of benzene rings is 1. The Hall–Kier alpha value is -1.82. The van der Waals surface area contributed by atoms with Crippen LogP contribution in [0.3, 0.4) is 0 Å². The van der Waals surface area contributed by atoms with Crippen LogP contribution in [0.2, 0.25) is 0 Å². The molecular weight excluding hydrogens is 240 g/mol. The van der Waals surface area contributed by atoms with Crippen molar-refractivity contribution < 1.29 is 0 Å². The van der Waals surface area contributed by atoms with Gasteiger partial charge in [-0.25, -0.2) is 0 Å². The van der Waals surface area contributed by atoms with Crippen molar-refractivity contribution in [3.8, 4) is 0 Å². The van der Waals surface area contributed by atoms with Crippen molar-refractivity contribution in [3.63, 3.8) is 0 Å². The Labute approximate surface area is 124 Å². The van der Waals surface area contributed by atoms with Gasteiger partial charge in [0.05, 0.1) is 0 Å². The molecule has 1 rings (SSSR count). The standard InChI is InChI=1S/C20H26/c1-5-10-17(3)15-19(6-2)16-18(4)13-14-20-11-8-7-9-12-20/h5,7-17H,6H2,1-4H3/b10-5-,14-13+,18-16+,19-15+. The van der Waals surface area contributed by atoms with E-state index in [1.54, 1.807) is 0 Å². The summed E-state index contributed by atoms with van der Waals surface area (Å²) < 4.78 is 0. The van der Waals surface area contributed by atoms with Gasteiger partial charge in [0, 0.05) is 0 Å². The van der Waals surface area contributed by atoms with Crippen molar-refractivity contribution in [2.45, 2.75) is 34.1 Å². The Morgan fingerprint density at radius 2 is 1.90 bits per heavy atom. The van der Waals surface area contributed by atoms with E-state index in [0.29, 0.717) is 5.92 Å². The first kappa shape index (κ1) is 16.2. The molecule has 0 heteroatoms. The van der Waals surface area contributed by atoms with Crippen LogP contribution in [0.1, 0.15) is 39.7 Å². The summed E-state index contributed by atoms with van der Waals surface area (Å²) in [6.45, 7) is 8.65. The van der Waals surface area contributed by atoms with Crippen LogP contribution in [-0.2, 0) is 0 Å². The second-order valence-electron chi connectivity index (χ2n) is 5.11. The molecule has 0 N–H and O–H groups in total. The van der Waals surface area contributed by atoms with Crippen LogP contribution >= 0.6 is 0 Å². The number of hydrogen-bond donors (Lipinski definition) is 0. The second kappa shape index (κ2) is 9.14. The van der Waals surface area contributed by atoms with Crippen molar-refractivity contribution in [3.05, 3.63) is 77.4 Å². The molecule has 20 heavy (non-hydrogen) atoms. The number of hydrogen-bond acceptors (Lipinski definition) is 0. The summed E-state index contributed by atoms with van der Waals surface area (Å²) in [6, 6.07) is 10.4. The molecule has 0 heterocycles. The lowest BCUT2D eigenvalue weighted by Gasteiger charge is -2.03. The highest BCUT2D eigenvalue weighted by atomic mass is 14.0. The van der Waals surface area contributed by atoms with E-state index in [1.165, 1.54) is 16.7 Å². The van der Waals surface area contributed by atoms with Crippen molar-refractivity contribution in [1.82, 2.24) is 0 Å². The lowest BCUT2D eigenvalue weighted by atomic mass is 10.0. The molecule has 0 bridgehead atoms. The molecule has 0 aromatic heterocycles. The zero-order valence-electron chi connectivity index (χ0n) is 13.1. The maximum absolute atomic E-state index is 2.33. The molecule has 0 amide bonds. The van der Waals surface area contributed by atoms with E-state index in [9.17, 15) is 0 Å². The summed E-state index contributed by atoms with van der Waals surface area (Å²) >= 11 is 0. The fraction of sp³-hybridized carbons (Fsp3) is 0.300. The van der Waals surface area contributed by atoms with Crippen molar-refractivity contribution in [2.75, 3.05) is 0 Å². The van der Waals surface area contributed by atoms with Crippen LogP contribution in [0.4, 0.5) is 0 Å². The van der Waals surface area contributed by atoms with Crippen LogP contribution in [0, 0.1) is 5.92 Å². The second-order valence-corrected chi connectivity index (χ2v) is 5.11. The highest BCUT2D eigenvalue weighted by molar-refractivity contribution is 5.53. The first-order valence-electron chi connectivity index (χ1n) is 7.40. The van der Waals surface area contributed by atoms with E-state index in [1.807, 2.05) is 6.07 Å². The SMILES string of the molecule is C/C=C\C(C)/C=C(/C=C(C)/C=C/c1ccccc1)CC. The summed E-state index contributed by atoms with van der Waals surface area (Å²) in [5, 5.41) is 0. The Morgan fingerprint density at radius 3 is 2.50 bits per heavy atom. The van der Waals surface area contributed by atoms with Gasteiger partial charge in [-0.15, -0.1) is 0 Å². The minimum absolute atomic E-state index is 0.497. The van der Waals surface area contributed by atoms with Gasteiger partial charge in [0.15, 0.2) is 0 Å². The molecule has 1 unspecified atom stereocenters. The molecule has 0 aliphatic heterocycles. The monoisotopic (exact) mass is 266 g/mol. The molecule has 106 valence electrons. The molecule has 0 radical (unpaired) electrons. The van der Waals surface area contributed by atoms with Gasteiger partial charge in [0.1, 0.15) is 0 Å². The smallest absolute Gasteiger partial charge is 0.00762 e. The summed E-state index contributed by atoms with van der Waals surface area (Å²) in [6.07, 6.45) is 14.4. The summed E-state index contributed by atoms with van der Waals surface area (Å²) in [5.41, 5.74) is 3.92. The number of rotatable bonds is 6. The lowest BCUT2D eigenvalue weighted by Crippen LogP contribution is -1.86. The van der Waals surface area contributed by atoms with Gasteiger partial charge < -0.3 is 0 Å². The molecule has 0 fully saturated rings. The van der Waals surface area contributed by atoms with Gasteiger partial charge in [-0.1, -0.05) is 91.8 Å². The molecule has 0 aliphatic carbocycles. The summed E-state index contributed by atoms with van der Waals surface area (Å²) in [5.74, 6) is 0.497. The minimum atomic E-state index is 0.497. The molecule has 1 aromatic rings. The zero-order chi connectivity index (χ0) is 14.8. The van der Waals surface area contributed by atoms with E-state index in [0.717, 1.165) is 6.42 Å². The third-order valence-corrected chi connectivity index (χ3v) is 3.13. The first-order chi connectivity index (χ1) is 9.65. The average molecular weight is 266 g/mol. The highest BCUT2D eigenvalue weighted by Crippen LogP contribution is 2.13. The minimum Gasteiger partial charge on any atom is -0.0911 e.